The van der Waals surface area contributed by atoms with Gasteiger partial charge < -0.3 is 22.8 Å². The van der Waals surface area contributed by atoms with Crippen LogP contribution < -0.4 is 17.7 Å². The van der Waals surface area contributed by atoms with Gasteiger partial charge in [-0.2, -0.15) is 0 Å². The first kappa shape index (κ1) is 22.9. The van der Waals surface area contributed by atoms with Gasteiger partial charge in [-0.15, -0.1) is 22.7 Å². The van der Waals surface area contributed by atoms with Gasteiger partial charge in [-0.25, -0.2) is 4.79 Å². The van der Waals surface area contributed by atoms with Crippen LogP contribution in [0, 0.1) is 19.8 Å². The fourth-order valence-corrected chi connectivity index (χ4v) is 5.71. The number of aryl methyl sites for hydroxylation is 2. The van der Waals surface area contributed by atoms with Crippen molar-refractivity contribution in [2.75, 3.05) is 13.1 Å². The van der Waals surface area contributed by atoms with Crippen LogP contribution in [0.5, 0.6) is 0 Å². The second kappa shape index (κ2) is 11.0. The molecule has 1 unspecified atom stereocenters. The first-order chi connectivity index (χ1) is 13.1. The minimum atomic E-state index is -0.739. The number of hydrogen-bond donors (Lipinski definition) is 2. The summed E-state index contributed by atoms with van der Waals surface area (Å²) in [5.74, 6) is -0.546. The fraction of sp³-hybridized carbons (Fsp3) is 0.409. The van der Waals surface area contributed by atoms with Gasteiger partial charge in [0.05, 0.1) is 13.1 Å². The Hall–Kier alpha value is -1.40. The molecule has 0 amide bonds. The van der Waals surface area contributed by atoms with Gasteiger partial charge in [0.15, 0.2) is 0 Å². The minimum Gasteiger partial charge on any atom is -1.00 e. The Morgan fingerprint density at radius 2 is 1.86 bits per heavy atom. The first-order valence-corrected chi connectivity index (χ1v) is 11.4. The van der Waals surface area contributed by atoms with Crippen molar-refractivity contribution in [3.8, 4) is 0 Å². The van der Waals surface area contributed by atoms with E-state index in [1.165, 1.54) is 26.5 Å². The Labute approximate surface area is 181 Å². The van der Waals surface area contributed by atoms with Crippen molar-refractivity contribution >= 4 is 34.2 Å². The first-order valence-electron chi connectivity index (χ1n) is 9.62. The van der Waals surface area contributed by atoms with Crippen LogP contribution in [0.3, 0.4) is 0 Å². The second-order valence-electron chi connectivity index (χ2n) is 7.18. The van der Waals surface area contributed by atoms with E-state index in [4.69, 9.17) is 0 Å². The molecule has 0 bridgehead atoms. The molecule has 2 heterocycles. The highest BCUT2D eigenvalue weighted by atomic mass is 35.5. The predicted octanol–water partition coefficient (Wildman–Crippen LogP) is 1.63. The maximum atomic E-state index is 11.4. The normalized spacial score (nSPS) is 16.2. The molecule has 0 radical (unpaired) electrons. The van der Waals surface area contributed by atoms with Crippen LogP contribution in [0.2, 0.25) is 0 Å². The van der Waals surface area contributed by atoms with Gasteiger partial charge in [0.1, 0.15) is 0 Å². The van der Waals surface area contributed by atoms with Crippen LogP contribution in [0.15, 0.2) is 40.6 Å². The Balaban J connectivity index is 0.00000280. The van der Waals surface area contributed by atoms with E-state index in [1.807, 2.05) is 28.7 Å². The summed E-state index contributed by atoms with van der Waals surface area (Å²) < 4.78 is 0. The molecule has 3 rings (SSSR count). The summed E-state index contributed by atoms with van der Waals surface area (Å²) in [6.07, 6.45) is 8.28. The molecule has 2 aromatic heterocycles. The molecule has 0 fully saturated rings. The minimum absolute atomic E-state index is 0. The van der Waals surface area contributed by atoms with Gasteiger partial charge in [0.25, 0.3) is 0 Å². The number of carbonyl (C=O) groups is 1. The van der Waals surface area contributed by atoms with E-state index in [1.54, 1.807) is 0 Å². The third-order valence-electron chi connectivity index (χ3n) is 5.19. The molecular weight excluding hydrogens is 410 g/mol. The molecule has 3 N–H and O–H groups in total. The number of carboxylic acids is 1. The average Bonchev–Trinajstić information content (AvgIpc) is 3.27. The summed E-state index contributed by atoms with van der Waals surface area (Å²) in [5.41, 5.74) is 4.65. The maximum absolute atomic E-state index is 11.4. The van der Waals surface area contributed by atoms with E-state index in [0.717, 1.165) is 38.8 Å². The largest absolute Gasteiger partial charge is 1.00 e. The van der Waals surface area contributed by atoms with Crippen molar-refractivity contribution in [2.45, 2.75) is 39.5 Å². The summed E-state index contributed by atoms with van der Waals surface area (Å²) in [5, 5.41) is 16.0. The number of nitrogens with two attached hydrogens (primary N) is 1. The Morgan fingerprint density at radius 1 is 1.21 bits per heavy atom. The number of allylic oxidation sites excluding steroid dienone is 1. The SMILES string of the molecule is Cc1ccsc1C(=CCC[NH2+]CC1CCCC=C1C(=O)O)c1sccc1C.[Cl-]. The Kier molecular flexibility index (Phi) is 8.96. The molecule has 152 valence electrons. The average molecular weight is 438 g/mol. The van der Waals surface area contributed by atoms with Crippen LogP contribution in [0.4, 0.5) is 0 Å². The third kappa shape index (κ3) is 5.57. The molecule has 1 atom stereocenters. The molecule has 2 aromatic rings. The van der Waals surface area contributed by atoms with Crippen molar-refractivity contribution in [3.63, 3.8) is 0 Å². The zero-order valence-corrected chi connectivity index (χ0v) is 18.8. The second-order valence-corrected chi connectivity index (χ2v) is 9.01. The molecule has 1 aliphatic rings. The zero-order chi connectivity index (χ0) is 19.2. The van der Waals surface area contributed by atoms with Gasteiger partial charge in [-0.05, 0) is 67.1 Å². The quantitative estimate of drug-likeness (QED) is 0.617. The molecule has 0 saturated carbocycles. The number of rotatable bonds is 8. The maximum Gasteiger partial charge on any atom is 0.331 e. The van der Waals surface area contributed by atoms with Gasteiger partial charge in [0, 0.05) is 33.2 Å². The van der Waals surface area contributed by atoms with Gasteiger partial charge in [0.2, 0.25) is 0 Å². The highest BCUT2D eigenvalue weighted by Gasteiger charge is 2.24. The molecule has 3 nitrogen and oxygen atoms in total. The topological polar surface area (TPSA) is 53.9 Å². The summed E-state index contributed by atoms with van der Waals surface area (Å²) in [6, 6.07) is 4.37. The van der Waals surface area contributed by atoms with Crippen LogP contribution in [-0.4, -0.2) is 24.2 Å². The molecular formula is C22H28ClNO2S2. The number of halogens is 1. The smallest absolute Gasteiger partial charge is 0.331 e. The highest BCUT2D eigenvalue weighted by Crippen LogP contribution is 2.35. The number of aliphatic carboxylic acids is 1. The van der Waals surface area contributed by atoms with E-state index in [2.05, 4.69) is 48.1 Å². The monoisotopic (exact) mass is 437 g/mol. The summed E-state index contributed by atoms with van der Waals surface area (Å²) in [7, 11) is 0. The van der Waals surface area contributed by atoms with Crippen LogP contribution in [-0.2, 0) is 4.79 Å². The predicted molar refractivity (Wildman–Crippen MR) is 115 cm³/mol. The van der Waals surface area contributed by atoms with Gasteiger partial charge in [-0.3, -0.25) is 0 Å². The molecule has 0 aliphatic heterocycles. The lowest BCUT2D eigenvalue weighted by atomic mass is 9.87. The molecule has 0 spiro atoms. The molecule has 0 saturated heterocycles. The fourth-order valence-electron chi connectivity index (χ4n) is 3.70. The van der Waals surface area contributed by atoms with Crippen molar-refractivity contribution in [2.24, 2.45) is 5.92 Å². The van der Waals surface area contributed by atoms with E-state index >= 15 is 0 Å². The van der Waals surface area contributed by atoms with E-state index in [-0.39, 0.29) is 18.3 Å². The van der Waals surface area contributed by atoms with Crippen molar-refractivity contribution < 1.29 is 27.6 Å². The lowest BCUT2D eigenvalue weighted by Gasteiger charge is -2.20. The van der Waals surface area contributed by atoms with Crippen LogP contribution >= 0.6 is 22.7 Å². The Morgan fingerprint density at radius 3 is 2.39 bits per heavy atom. The van der Waals surface area contributed by atoms with Crippen LogP contribution in [0.1, 0.15) is 46.6 Å². The Bertz CT molecular complexity index is 808. The molecule has 6 heteroatoms. The third-order valence-corrected chi connectivity index (χ3v) is 7.29. The lowest BCUT2D eigenvalue weighted by molar-refractivity contribution is -0.658. The van der Waals surface area contributed by atoms with Gasteiger partial charge in [-0.1, -0.05) is 12.2 Å². The van der Waals surface area contributed by atoms with E-state index in [0.29, 0.717) is 5.57 Å². The number of carboxylic acid groups (broad SMARTS) is 1. The van der Waals surface area contributed by atoms with Crippen molar-refractivity contribution in [1.82, 2.24) is 0 Å². The van der Waals surface area contributed by atoms with Crippen molar-refractivity contribution in [1.29, 1.82) is 0 Å². The highest BCUT2D eigenvalue weighted by molar-refractivity contribution is 7.14. The standard InChI is InChI=1S/C22H27NO2S2.ClH/c1-15-9-12-26-20(15)19(21-16(2)10-13-27-21)8-5-11-23-14-17-6-3-4-7-18(17)22(24)25;/h7-10,12-13,17,23H,3-6,11,14H2,1-2H3,(H,24,25);1H. The molecule has 28 heavy (non-hydrogen) atoms. The molecule has 0 aromatic carbocycles. The number of thiophene rings is 2. The van der Waals surface area contributed by atoms with Crippen LogP contribution in [0.25, 0.3) is 5.57 Å². The number of hydrogen-bond acceptors (Lipinski definition) is 3. The van der Waals surface area contributed by atoms with E-state index in [9.17, 15) is 9.90 Å². The number of quaternary nitrogens is 1. The summed E-state index contributed by atoms with van der Waals surface area (Å²) in [6.45, 7) is 6.22. The molecule has 1 aliphatic carbocycles. The summed E-state index contributed by atoms with van der Waals surface area (Å²) in [4.78, 5) is 14.1. The van der Waals surface area contributed by atoms with E-state index < -0.39 is 5.97 Å². The van der Waals surface area contributed by atoms with Gasteiger partial charge >= 0.3 is 5.97 Å². The zero-order valence-electron chi connectivity index (χ0n) is 16.4. The lowest BCUT2D eigenvalue weighted by Crippen LogP contribution is -3.00. The van der Waals surface area contributed by atoms with Crippen molar-refractivity contribution in [3.05, 3.63) is 61.5 Å². The summed E-state index contributed by atoms with van der Waals surface area (Å²) >= 11 is 3.62.